The topological polar surface area (TPSA) is 98.3 Å². The number of nitrogens with zero attached hydrogens (tertiary/aromatic N) is 2. The molecule has 0 aliphatic carbocycles. The smallest absolute Gasteiger partial charge is 0.312 e. The second kappa shape index (κ2) is 7.11. The van der Waals surface area contributed by atoms with Gasteiger partial charge in [-0.2, -0.15) is 4.98 Å². The Bertz CT molecular complexity index is 1040. The molecule has 1 N–H and O–H groups in total. The molecule has 0 aliphatic rings. The highest BCUT2D eigenvalue weighted by Gasteiger charge is 2.20. The number of nitro groups is 1. The summed E-state index contributed by atoms with van der Waals surface area (Å²) < 4.78 is 5.77. The van der Waals surface area contributed by atoms with Crippen molar-refractivity contribution in [2.75, 3.05) is 11.9 Å². The quantitative estimate of drug-likeness (QED) is 0.301. The molecule has 26 heavy (non-hydrogen) atoms. The van der Waals surface area contributed by atoms with E-state index in [-0.39, 0.29) is 34.0 Å². The second-order valence-electron chi connectivity index (χ2n) is 6.59. The number of anilines is 1. The van der Waals surface area contributed by atoms with Crippen LogP contribution in [0.15, 0.2) is 33.5 Å². The molecule has 2 heterocycles. The number of benzene rings is 1. The third-order valence-electron chi connectivity index (χ3n) is 4.35. The van der Waals surface area contributed by atoms with Crippen molar-refractivity contribution in [2.24, 2.45) is 0 Å². The maximum Gasteiger partial charge on any atom is 0.312 e. The van der Waals surface area contributed by atoms with Crippen molar-refractivity contribution < 1.29 is 9.34 Å². The van der Waals surface area contributed by atoms with E-state index in [1.54, 1.807) is 12.1 Å². The fourth-order valence-electron chi connectivity index (χ4n) is 2.80. The Kier molecular flexibility index (Phi) is 4.88. The van der Waals surface area contributed by atoms with Gasteiger partial charge in [0.25, 0.3) is 0 Å². The Labute approximate surface area is 150 Å². The molecule has 0 amide bonds. The first kappa shape index (κ1) is 17.8. The highest BCUT2D eigenvalue weighted by atomic mass is 16.6. The highest BCUT2D eigenvalue weighted by molar-refractivity contribution is 5.90. The maximum atomic E-state index is 12.9. The molecule has 3 aromatic rings. The first-order valence-electron chi connectivity index (χ1n) is 8.72. The van der Waals surface area contributed by atoms with Gasteiger partial charge in [0.05, 0.1) is 15.7 Å². The first-order chi connectivity index (χ1) is 12.4. The van der Waals surface area contributed by atoms with Crippen LogP contribution in [0.3, 0.4) is 0 Å². The predicted octanol–water partition coefficient (Wildman–Crippen LogP) is 4.58. The van der Waals surface area contributed by atoms with Crippen molar-refractivity contribution in [3.8, 4) is 0 Å². The molecule has 0 unspecified atom stereocenters. The largest absolute Gasteiger partial charge is 0.437 e. The molecule has 3 rings (SSSR count). The van der Waals surface area contributed by atoms with Crippen molar-refractivity contribution in [1.82, 2.24) is 4.98 Å². The first-order valence-corrected chi connectivity index (χ1v) is 8.72. The number of hydrogen-bond acceptors (Lipinski definition) is 6. The Morgan fingerprint density at radius 2 is 2.04 bits per heavy atom. The molecule has 0 spiro atoms. The number of unbranched alkanes of at least 4 members (excludes halogenated alkanes) is 1. The van der Waals surface area contributed by atoms with Crippen molar-refractivity contribution in [3.63, 3.8) is 0 Å². The molecule has 2 aromatic heterocycles. The molecule has 7 heteroatoms. The van der Waals surface area contributed by atoms with E-state index in [1.165, 1.54) is 6.07 Å². The average Bonchev–Trinajstić information content (AvgIpc) is 2.61. The molecule has 136 valence electrons. The van der Waals surface area contributed by atoms with Crippen molar-refractivity contribution in [3.05, 3.63) is 50.2 Å². The lowest BCUT2D eigenvalue weighted by Gasteiger charge is -2.09. The fourth-order valence-corrected chi connectivity index (χ4v) is 2.80. The Morgan fingerprint density at radius 1 is 1.27 bits per heavy atom. The zero-order valence-corrected chi connectivity index (χ0v) is 15.0. The lowest BCUT2D eigenvalue weighted by Crippen LogP contribution is -2.09. The van der Waals surface area contributed by atoms with Gasteiger partial charge in [0, 0.05) is 12.6 Å². The van der Waals surface area contributed by atoms with E-state index >= 15 is 0 Å². The van der Waals surface area contributed by atoms with Gasteiger partial charge in [-0.05, 0) is 30.0 Å². The molecule has 0 radical (unpaired) electrons. The number of aromatic nitrogens is 1. The average molecular weight is 355 g/mol. The summed E-state index contributed by atoms with van der Waals surface area (Å²) in [6, 6.07) is 6.70. The lowest BCUT2D eigenvalue weighted by molar-refractivity contribution is -0.384. The summed E-state index contributed by atoms with van der Waals surface area (Å²) in [5.41, 5.74) is 1.00. The summed E-state index contributed by atoms with van der Waals surface area (Å²) in [5, 5.41) is 14.9. The van der Waals surface area contributed by atoms with Crippen LogP contribution in [0.5, 0.6) is 0 Å². The number of fused-ring (bicyclic) bond motifs is 2. The van der Waals surface area contributed by atoms with Gasteiger partial charge in [-0.3, -0.25) is 14.9 Å². The fraction of sp³-hybridized carbons (Fsp3) is 0.368. The van der Waals surface area contributed by atoms with Gasteiger partial charge in [0.15, 0.2) is 0 Å². The molecule has 0 fully saturated rings. The molecule has 0 saturated heterocycles. The van der Waals surface area contributed by atoms with Crippen LogP contribution in [0.1, 0.15) is 45.1 Å². The Morgan fingerprint density at radius 3 is 2.69 bits per heavy atom. The summed E-state index contributed by atoms with van der Waals surface area (Å²) >= 11 is 0. The number of pyridine rings is 1. The monoisotopic (exact) mass is 355 g/mol. The van der Waals surface area contributed by atoms with E-state index in [9.17, 15) is 14.9 Å². The van der Waals surface area contributed by atoms with E-state index in [1.807, 2.05) is 26.8 Å². The summed E-state index contributed by atoms with van der Waals surface area (Å²) in [4.78, 5) is 28.0. The molecule has 0 bridgehead atoms. The van der Waals surface area contributed by atoms with Crippen molar-refractivity contribution in [2.45, 2.75) is 39.5 Å². The normalized spacial score (nSPS) is 11.4. The summed E-state index contributed by atoms with van der Waals surface area (Å²) in [7, 11) is 0. The molecule has 7 nitrogen and oxygen atoms in total. The second-order valence-corrected chi connectivity index (χ2v) is 6.59. The lowest BCUT2D eigenvalue weighted by atomic mass is 10.0. The van der Waals surface area contributed by atoms with Crippen LogP contribution in [0.2, 0.25) is 0 Å². The van der Waals surface area contributed by atoms with E-state index in [2.05, 4.69) is 10.3 Å². The standard InChI is InChI=1S/C19H21N3O4/c1-4-5-8-20-18-15(22(24)25)10-14-17(23)13-9-12(11(2)3)6-7-16(13)26-19(14)21-18/h6-7,9-11H,4-5,8H2,1-3H3,(H,20,21). The third-order valence-corrected chi connectivity index (χ3v) is 4.35. The van der Waals surface area contributed by atoms with Crippen molar-refractivity contribution >= 4 is 33.6 Å². The van der Waals surface area contributed by atoms with Gasteiger partial charge in [-0.1, -0.05) is 33.3 Å². The number of nitrogens with one attached hydrogen (secondary N) is 1. The molecule has 0 aliphatic heterocycles. The van der Waals surface area contributed by atoms with Gasteiger partial charge in [0.2, 0.25) is 17.0 Å². The Balaban J connectivity index is 2.24. The number of hydrogen-bond donors (Lipinski definition) is 1. The van der Waals surface area contributed by atoms with E-state index in [0.717, 1.165) is 18.4 Å². The minimum Gasteiger partial charge on any atom is -0.437 e. The van der Waals surface area contributed by atoms with Crippen LogP contribution in [-0.2, 0) is 0 Å². The minimum atomic E-state index is -0.533. The van der Waals surface area contributed by atoms with Gasteiger partial charge < -0.3 is 9.73 Å². The SMILES string of the molecule is CCCCNc1nc2oc3ccc(C(C)C)cc3c(=O)c2cc1[N+](=O)[O-]. The summed E-state index contributed by atoms with van der Waals surface area (Å²) in [6.07, 6.45) is 1.81. The van der Waals surface area contributed by atoms with Crippen LogP contribution in [0, 0.1) is 10.1 Å². The molecule has 0 saturated carbocycles. The molecule has 0 atom stereocenters. The van der Waals surface area contributed by atoms with Gasteiger partial charge in [-0.15, -0.1) is 0 Å². The van der Waals surface area contributed by atoms with Crippen LogP contribution in [0.25, 0.3) is 22.1 Å². The van der Waals surface area contributed by atoms with Crippen LogP contribution in [-0.4, -0.2) is 16.5 Å². The highest BCUT2D eigenvalue weighted by Crippen LogP contribution is 2.28. The molecular formula is C19H21N3O4. The zero-order chi connectivity index (χ0) is 18.8. The predicted molar refractivity (Wildman–Crippen MR) is 102 cm³/mol. The third kappa shape index (κ3) is 3.24. The van der Waals surface area contributed by atoms with Gasteiger partial charge in [-0.25, -0.2) is 0 Å². The molecular weight excluding hydrogens is 334 g/mol. The number of rotatable bonds is 6. The van der Waals surface area contributed by atoms with Crippen LogP contribution < -0.4 is 10.7 Å². The summed E-state index contributed by atoms with van der Waals surface area (Å²) in [5.74, 6) is 0.379. The van der Waals surface area contributed by atoms with Crippen LogP contribution in [0.4, 0.5) is 11.5 Å². The Hall–Kier alpha value is -2.96. The van der Waals surface area contributed by atoms with Crippen LogP contribution >= 0.6 is 0 Å². The summed E-state index contributed by atoms with van der Waals surface area (Å²) in [6.45, 7) is 6.65. The maximum absolute atomic E-state index is 12.9. The van der Waals surface area contributed by atoms with Crippen molar-refractivity contribution in [1.29, 1.82) is 0 Å². The molecule has 1 aromatic carbocycles. The zero-order valence-electron chi connectivity index (χ0n) is 15.0. The van der Waals surface area contributed by atoms with E-state index in [4.69, 9.17) is 4.42 Å². The van der Waals surface area contributed by atoms with E-state index < -0.39 is 4.92 Å². The van der Waals surface area contributed by atoms with Gasteiger partial charge >= 0.3 is 5.69 Å². The van der Waals surface area contributed by atoms with Gasteiger partial charge in [0.1, 0.15) is 5.58 Å². The minimum absolute atomic E-state index is 0.101. The van der Waals surface area contributed by atoms with E-state index in [0.29, 0.717) is 17.5 Å².